The van der Waals surface area contributed by atoms with E-state index in [0.717, 1.165) is 15.2 Å². The molecule has 0 saturated heterocycles. The lowest BCUT2D eigenvalue weighted by atomic mass is 10.1. The highest BCUT2D eigenvalue weighted by atomic mass is 79.9. The van der Waals surface area contributed by atoms with E-state index in [1.54, 1.807) is 11.3 Å². The summed E-state index contributed by atoms with van der Waals surface area (Å²) in [5.74, 6) is 0. The Morgan fingerprint density at radius 3 is 2.65 bits per heavy atom. The smallest absolute Gasteiger partial charge is 0.115 e. The van der Waals surface area contributed by atoms with Gasteiger partial charge in [0.15, 0.2) is 0 Å². The minimum atomic E-state index is 0.171. The number of aryl methyl sites for hydroxylation is 2. The first-order chi connectivity index (χ1) is 8.11. The Labute approximate surface area is 114 Å². The van der Waals surface area contributed by atoms with Crippen molar-refractivity contribution in [2.75, 3.05) is 7.05 Å². The summed E-state index contributed by atoms with van der Waals surface area (Å²) in [6, 6.07) is 8.52. The summed E-state index contributed by atoms with van der Waals surface area (Å²) in [7, 11) is 1.97. The Morgan fingerprint density at radius 2 is 2.12 bits per heavy atom. The van der Waals surface area contributed by atoms with Gasteiger partial charge in [0.25, 0.3) is 0 Å². The minimum absolute atomic E-state index is 0.171. The average Bonchev–Trinajstić information content (AvgIpc) is 2.60. The summed E-state index contributed by atoms with van der Waals surface area (Å²) in [4.78, 5) is 5.92. The molecule has 0 amide bonds. The third-order valence-corrected chi connectivity index (χ3v) is 4.39. The molecular formula is C13H15BrN2S. The Bertz CT molecular complexity index is 502. The minimum Gasteiger partial charge on any atom is -0.307 e. The Kier molecular flexibility index (Phi) is 3.97. The highest BCUT2D eigenvalue weighted by molar-refractivity contribution is 9.10. The van der Waals surface area contributed by atoms with Gasteiger partial charge in [-0.05, 0) is 38.6 Å². The van der Waals surface area contributed by atoms with Gasteiger partial charge in [-0.2, -0.15) is 0 Å². The molecule has 2 nitrogen and oxygen atoms in total. The van der Waals surface area contributed by atoms with E-state index < -0.39 is 0 Å². The van der Waals surface area contributed by atoms with Crippen LogP contribution in [0.2, 0.25) is 0 Å². The van der Waals surface area contributed by atoms with Crippen LogP contribution < -0.4 is 5.32 Å². The van der Waals surface area contributed by atoms with Crippen molar-refractivity contribution in [3.63, 3.8) is 0 Å². The van der Waals surface area contributed by atoms with E-state index in [-0.39, 0.29) is 6.04 Å². The Morgan fingerprint density at radius 1 is 1.35 bits per heavy atom. The van der Waals surface area contributed by atoms with Crippen molar-refractivity contribution in [3.8, 4) is 0 Å². The normalized spacial score (nSPS) is 12.7. The highest BCUT2D eigenvalue weighted by Crippen LogP contribution is 2.28. The Balaban J connectivity index is 2.39. The third-order valence-electron chi connectivity index (χ3n) is 2.76. The zero-order valence-corrected chi connectivity index (χ0v) is 12.5. The molecule has 1 atom stereocenters. The predicted molar refractivity (Wildman–Crippen MR) is 76.6 cm³/mol. The number of benzene rings is 1. The fourth-order valence-electron chi connectivity index (χ4n) is 1.74. The van der Waals surface area contributed by atoms with Crippen molar-refractivity contribution < 1.29 is 0 Å². The van der Waals surface area contributed by atoms with Gasteiger partial charge in [-0.1, -0.05) is 28.1 Å². The van der Waals surface area contributed by atoms with Crippen LogP contribution in [0.25, 0.3) is 0 Å². The molecule has 17 heavy (non-hydrogen) atoms. The van der Waals surface area contributed by atoms with E-state index in [2.05, 4.69) is 58.3 Å². The summed E-state index contributed by atoms with van der Waals surface area (Å²) < 4.78 is 1.10. The number of rotatable bonds is 3. The molecule has 0 spiro atoms. The zero-order valence-electron chi connectivity index (χ0n) is 10.1. The van der Waals surface area contributed by atoms with Gasteiger partial charge in [-0.15, -0.1) is 11.3 Å². The molecular weight excluding hydrogens is 296 g/mol. The van der Waals surface area contributed by atoms with Crippen LogP contribution in [0.3, 0.4) is 0 Å². The van der Waals surface area contributed by atoms with Crippen molar-refractivity contribution in [2.45, 2.75) is 19.9 Å². The van der Waals surface area contributed by atoms with Crippen LogP contribution in [0.4, 0.5) is 0 Å². The van der Waals surface area contributed by atoms with E-state index >= 15 is 0 Å². The van der Waals surface area contributed by atoms with E-state index in [0.29, 0.717) is 0 Å². The van der Waals surface area contributed by atoms with Crippen molar-refractivity contribution in [1.29, 1.82) is 0 Å². The number of hydrogen-bond acceptors (Lipinski definition) is 3. The van der Waals surface area contributed by atoms with Crippen LogP contribution in [0.1, 0.15) is 27.2 Å². The molecule has 0 fully saturated rings. The lowest BCUT2D eigenvalue weighted by Gasteiger charge is -2.14. The average molecular weight is 311 g/mol. The van der Waals surface area contributed by atoms with Gasteiger partial charge in [0.1, 0.15) is 5.01 Å². The van der Waals surface area contributed by atoms with E-state index in [1.165, 1.54) is 10.4 Å². The van der Waals surface area contributed by atoms with Crippen molar-refractivity contribution >= 4 is 27.3 Å². The molecule has 0 bridgehead atoms. The zero-order chi connectivity index (χ0) is 12.4. The number of nitrogens with zero attached hydrogens (tertiary/aromatic N) is 1. The van der Waals surface area contributed by atoms with Gasteiger partial charge in [0.05, 0.1) is 11.7 Å². The number of thiazole rings is 1. The van der Waals surface area contributed by atoms with E-state index in [9.17, 15) is 0 Å². The first kappa shape index (κ1) is 12.7. The lowest BCUT2D eigenvalue weighted by molar-refractivity contribution is 0.684. The number of nitrogens with one attached hydrogen (secondary N) is 1. The van der Waals surface area contributed by atoms with Gasteiger partial charge >= 0.3 is 0 Å². The molecule has 2 rings (SSSR count). The van der Waals surface area contributed by atoms with Crippen LogP contribution >= 0.6 is 27.3 Å². The summed E-state index contributed by atoms with van der Waals surface area (Å²) in [6.07, 6.45) is 0. The molecule has 1 aromatic carbocycles. The standard InChI is InChI=1S/C13H15BrN2S/c1-8-9(2)17-13(16-8)12(15-3)10-5-4-6-11(14)7-10/h4-7,12,15H,1-3H3. The topological polar surface area (TPSA) is 24.9 Å². The fraction of sp³-hybridized carbons (Fsp3) is 0.308. The first-order valence-corrected chi connectivity index (χ1v) is 7.09. The van der Waals surface area contributed by atoms with Crippen LogP contribution in [-0.4, -0.2) is 12.0 Å². The molecule has 1 aromatic heterocycles. The fourth-order valence-corrected chi connectivity index (χ4v) is 3.22. The molecule has 0 aliphatic rings. The maximum atomic E-state index is 4.63. The quantitative estimate of drug-likeness (QED) is 0.932. The molecule has 1 unspecified atom stereocenters. The maximum absolute atomic E-state index is 4.63. The van der Waals surface area contributed by atoms with Gasteiger partial charge in [-0.3, -0.25) is 0 Å². The van der Waals surface area contributed by atoms with Crippen molar-refractivity contribution in [3.05, 3.63) is 49.9 Å². The summed E-state index contributed by atoms with van der Waals surface area (Å²) in [5, 5.41) is 4.46. The highest BCUT2D eigenvalue weighted by Gasteiger charge is 2.16. The summed E-state index contributed by atoms with van der Waals surface area (Å²) >= 11 is 5.27. The van der Waals surface area contributed by atoms with Gasteiger partial charge in [0, 0.05) is 9.35 Å². The van der Waals surface area contributed by atoms with Crippen LogP contribution in [0, 0.1) is 13.8 Å². The SMILES string of the molecule is CNC(c1cccc(Br)c1)c1nc(C)c(C)s1. The molecule has 0 radical (unpaired) electrons. The molecule has 0 aliphatic heterocycles. The molecule has 4 heteroatoms. The number of aromatic nitrogens is 1. The largest absolute Gasteiger partial charge is 0.307 e. The Hall–Kier alpha value is -0.710. The van der Waals surface area contributed by atoms with Crippen molar-refractivity contribution in [1.82, 2.24) is 10.3 Å². The van der Waals surface area contributed by atoms with E-state index in [1.807, 2.05) is 13.1 Å². The molecule has 0 aliphatic carbocycles. The number of hydrogen-bond donors (Lipinski definition) is 1. The summed E-state index contributed by atoms with van der Waals surface area (Å²) in [5.41, 5.74) is 2.36. The van der Waals surface area contributed by atoms with Gasteiger partial charge in [-0.25, -0.2) is 4.98 Å². The molecule has 1 N–H and O–H groups in total. The second-order valence-corrected chi connectivity index (χ2v) is 6.12. The maximum Gasteiger partial charge on any atom is 0.115 e. The van der Waals surface area contributed by atoms with Gasteiger partial charge in [0.2, 0.25) is 0 Å². The molecule has 1 heterocycles. The molecule has 0 saturated carbocycles. The van der Waals surface area contributed by atoms with Crippen LogP contribution in [0.5, 0.6) is 0 Å². The molecule has 2 aromatic rings. The second-order valence-electron chi connectivity index (χ2n) is 3.97. The van der Waals surface area contributed by atoms with Crippen molar-refractivity contribution in [2.24, 2.45) is 0 Å². The van der Waals surface area contributed by atoms with Crippen LogP contribution in [-0.2, 0) is 0 Å². The van der Waals surface area contributed by atoms with Gasteiger partial charge < -0.3 is 5.32 Å². The first-order valence-electron chi connectivity index (χ1n) is 5.48. The number of halogens is 1. The monoisotopic (exact) mass is 310 g/mol. The van der Waals surface area contributed by atoms with Crippen LogP contribution in [0.15, 0.2) is 28.7 Å². The third kappa shape index (κ3) is 2.76. The second kappa shape index (κ2) is 5.29. The summed E-state index contributed by atoms with van der Waals surface area (Å²) in [6.45, 7) is 4.17. The predicted octanol–water partition coefficient (Wildman–Crippen LogP) is 3.83. The van der Waals surface area contributed by atoms with E-state index in [4.69, 9.17) is 0 Å². The molecule has 90 valence electrons. The lowest BCUT2D eigenvalue weighted by Crippen LogP contribution is -2.17.